The molecule has 1 aromatic carbocycles. The predicted molar refractivity (Wildman–Crippen MR) is 85.2 cm³/mol. The summed E-state index contributed by atoms with van der Waals surface area (Å²) in [5.74, 6) is -1.97. The van der Waals surface area contributed by atoms with Crippen LogP contribution in [0, 0.1) is 0 Å². The molecule has 0 aliphatic carbocycles. The first-order valence-corrected chi connectivity index (χ1v) is 7.91. The summed E-state index contributed by atoms with van der Waals surface area (Å²) in [5.41, 5.74) is -5.87. The van der Waals surface area contributed by atoms with Crippen LogP contribution in [-0.4, -0.2) is 36.6 Å². The Morgan fingerprint density at radius 2 is 1.71 bits per heavy atom. The van der Waals surface area contributed by atoms with Gasteiger partial charge in [0.1, 0.15) is 0 Å². The van der Waals surface area contributed by atoms with E-state index in [1.807, 2.05) is 0 Å². The molecule has 0 aliphatic heterocycles. The molecule has 1 amide bonds. The zero-order valence-corrected chi connectivity index (χ0v) is 15.0. The minimum atomic E-state index is -5.50. The van der Waals surface area contributed by atoms with Gasteiger partial charge in [0.15, 0.2) is 0 Å². The van der Waals surface area contributed by atoms with Crippen LogP contribution in [0.25, 0.3) is 0 Å². The summed E-state index contributed by atoms with van der Waals surface area (Å²) in [5, 5.41) is 2.96. The lowest BCUT2D eigenvalue weighted by molar-refractivity contribution is -0.205. The number of carbonyl (C=O) groups excluding carboxylic acids is 2. The Hall–Kier alpha value is -2.66. The molecule has 0 bridgehead atoms. The highest BCUT2D eigenvalue weighted by atomic mass is 19.4. The number of benzene rings is 1. The van der Waals surface area contributed by atoms with Crippen LogP contribution in [0.2, 0.25) is 0 Å². The van der Waals surface area contributed by atoms with Crippen LogP contribution in [0.15, 0.2) is 24.3 Å². The lowest BCUT2D eigenvalue weighted by Crippen LogP contribution is -2.69. The molecule has 0 spiro atoms. The molecule has 6 nitrogen and oxygen atoms in total. The molecule has 1 unspecified atom stereocenters. The van der Waals surface area contributed by atoms with Crippen LogP contribution in [0.1, 0.15) is 26.3 Å². The number of hydrogen-bond donors (Lipinski definition) is 2. The van der Waals surface area contributed by atoms with E-state index in [4.69, 9.17) is 0 Å². The maximum atomic E-state index is 13.8. The van der Waals surface area contributed by atoms with E-state index in [-0.39, 0.29) is 0 Å². The third-order valence-corrected chi connectivity index (χ3v) is 3.16. The highest BCUT2D eigenvalue weighted by Crippen LogP contribution is 2.35. The number of nitrogens with one attached hydrogen (secondary N) is 2. The van der Waals surface area contributed by atoms with Gasteiger partial charge in [0, 0.05) is 5.69 Å². The highest BCUT2D eigenvalue weighted by molar-refractivity contribution is 5.89. The van der Waals surface area contributed by atoms with E-state index < -0.39 is 54.0 Å². The summed E-state index contributed by atoms with van der Waals surface area (Å²) in [6.07, 6.45) is -12.8. The van der Waals surface area contributed by atoms with Crippen molar-refractivity contribution in [3.05, 3.63) is 29.8 Å². The zero-order chi connectivity index (χ0) is 21.8. The maximum Gasteiger partial charge on any atom is 0.442 e. The second-order valence-electron chi connectivity index (χ2n) is 5.75. The third-order valence-electron chi connectivity index (χ3n) is 3.16. The number of amides is 1. The average molecular weight is 416 g/mol. The predicted octanol–water partition coefficient (Wildman–Crippen LogP) is 4.07. The van der Waals surface area contributed by atoms with Crippen molar-refractivity contribution in [2.75, 3.05) is 11.9 Å². The number of carbonyl (C=O) groups is 2. The Morgan fingerprint density at radius 3 is 2.18 bits per heavy atom. The largest absolute Gasteiger partial charge is 0.463 e. The van der Waals surface area contributed by atoms with E-state index in [9.17, 15) is 35.9 Å². The Kier molecular flexibility index (Phi) is 7.15. The minimum Gasteiger partial charge on any atom is -0.463 e. The van der Waals surface area contributed by atoms with Gasteiger partial charge in [-0.3, -0.25) is 5.32 Å². The van der Waals surface area contributed by atoms with E-state index in [1.165, 1.54) is 26.1 Å². The summed E-state index contributed by atoms with van der Waals surface area (Å²) in [6.45, 7) is 3.43. The van der Waals surface area contributed by atoms with Gasteiger partial charge in [-0.2, -0.15) is 26.3 Å². The summed E-state index contributed by atoms with van der Waals surface area (Å²) in [4.78, 5) is 23.9. The molecule has 12 heteroatoms. The van der Waals surface area contributed by atoms with Gasteiger partial charge >= 0.3 is 30.1 Å². The molecule has 0 heterocycles. The van der Waals surface area contributed by atoms with Gasteiger partial charge in [0.2, 0.25) is 0 Å². The molecule has 1 atom stereocenters. The molecular weight excluding hydrogens is 398 g/mol. The molecule has 158 valence electrons. The monoisotopic (exact) mass is 416 g/mol. The lowest BCUT2D eigenvalue weighted by Gasteiger charge is -2.35. The van der Waals surface area contributed by atoms with Crippen molar-refractivity contribution in [1.29, 1.82) is 0 Å². The number of ether oxygens (including phenoxy) is 2. The fourth-order valence-electron chi connectivity index (χ4n) is 2.02. The quantitative estimate of drug-likeness (QED) is 0.415. The molecule has 0 fully saturated rings. The molecule has 0 saturated heterocycles. The standard InChI is InChI=1S/C16H18F6N2O4/c1-4-27-12(25)14(16(20,21)22,24-13(26)28-9(2)3)23-11-7-5-6-10(8-11)15(17,18)19/h5-9,23H,4H2,1-3H3,(H,24,26). The first-order valence-electron chi connectivity index (χ1n) is 7.91. The first kappa shape index (κ1) is 23.4. The molecule has 1 rings (SSSR count). The molecule has 0 radical (unpaired) electrons. The third kappa shape index (κ3) is 5.67. The highest BCUT2D eigenvalue weighted by Gasteiger charge is 2.64. The van der Waals surface area contributed by atoms with Crippen molar-refractivity contribution in [2.45, 2.75) is 44.9 Å². The smallest absolute Gasteiger partial charge is 0.442 e. The molecular formula is C16H18F6N2O4. The van der Waals surface area contributed by atoms with E-state index in [0.717, 1.165) is 12.1 Å². The maximum absolute atomic E-state index is 13.8. The Bertz CT molecular complexity index is 705. The number of esters is 1. The van der Waals surface area contributed by atoms with Crippen molar-refractivity contribution in [3.63, 3.8) is 0 Å². The van der Waals surface area contributed by atoms with Crippen molar-refractivity contribution in [3.8, 4) is 0 Å². The van der Waals surface area contributed by atoms with E-state index in [0.29, 0.717) is 12.1 Å². The van der Waals surface area contributed by atoms with Gasteiger partial charge < -0.3 is 14.8 Å². The van der Waals surface area contributed by atoms with Gasteiger partial charge in [0.05, 0.1) is 18.3 Å². The topological polar surface area (TPSA) is 76.7 Å². The minimum absolute atomic E-state index is 0.356. The number of alkyl carbamates (subject to hydrolysis) is 1. The fourth-order valence-corrected chi connectivity index (χ4v) is 2.02. The molecule has 0 aromatic heterocycles. The Morgan fingerprint density at radius 1 is 1.11 bits per heavy atom. The molecule has 28 heavy (non-hydrogen) atoms. The summed E-state index contributed by atoms with van der Waals surface area (Å²) >= 11 is 0. The number of hydrogen-bond acceptors (Lipinski definition) is 5. The second kappa shape index (κ2) is 8.57. The van der Waals surface area contributed by atoms with Crippen LogP contribution >= 0.6 is 0 Å². The van der Waals surface area contributed by atoms with Crippen LogP contribution < -0.4 is 10.6 Å². The Labute approximate surface area is 156 Å². The van der Waals surface area contributed by atoms with Crippen molar-refractivity contribution < 1.29 is 45.4 Å². The fraction of sp³-hybridized carbons (Fsp3) is 0.500. The SMILES string of the molecule is CCOC(=O)C(NC(=O)OC(C)C)(Nc1cccc(C(F)(F)F)c1)C(F)(F)F. The second-order valence-corrected chi connectivity index (χ2v) is 5.75. The first-order chi connectivity index (χ1) is 12.7. The summed E-state index contributed by atoms with van der Waals surface area (Å²) < 4.78 is 88.9. The zero-order valence-electron chi connectivity index (χ0n) is 15.0. The van der Waals surface area contributed by atoms with E-state index in [2.05, 4.69) is 9.47 Å². The van der Waals surface area contributed by atoms with Gasteiger partial charge in [-0.25, -0.2) is 9.59 Å². The van der Waals surface area contributed by atoms with Gasteiger partial charge in [0.25, 0.3) is 0 Å². The van der Waals surface area contributed by atoms with Crippen LogP contribution in [-0.2, 0) is 20.4 Å². The molecule has 2 N–H and O–H groups in total. The van der Waals surface area contributed by atoms with Crippen LogP contribution in [0.4, 0.5) is 36.8 Å². The van der Waals surface area contributed by atoms with Crippen LogP contribution in [0.3, 0.4) is 0 Å². The number of alkyl halides is 6. The lowest BCUT2D eigenvalue weighted by atomic mass is 10.1. The van der Waals surface area contributed by atoms with E-state index >= 15 is 0 Å². The van der Waals surface area contributed by atoms with Crippen molar-refractivity contribution >= 4 is 17.7 Å². The summed E-state index contributed by atoms with van der Waals surface area (Å²) in [6, 6.07) is 2.69. The molecule has 1 aromatic rings. The molecule has 0 aliphatic rings. The number of anilines is 1. The Balaban J connectivity index is 3.44. The average Bonchev–Trinajstić information content (AvgIpc) is 2.52. The number of halogens is 6. The normalized spacial score (nSPS) is 14.2. The van der Waals surface area contributed by atoms with Gasteiger partial charge in [-0.05, 0) is 39.0 Å². The van der Waals surface area contributed by atoms with Crippen LogP contribution in [0.5, 0.6) is 0 Å². The van der Waals surface area contributed by atoms with E-state index in [1.54, 1.807) is 5.32 Å². The van der Waals surface area contributed by atoms with Gasteiger partial charge in [-0.1, -0.05) is 6.07 Å². The van der Waals surface area contributed by atoms with Crippen molar-refractivity contribution in [1.82, 2.24) is 5.32 Å². The summed E-state index contributed by atoms with van der Waals surface area (Å²) in [7, 11) is 0. The molecule has 0 saturated carbocycles. The van der Waals surface area contributed by atoms with Gasteiger partial charge in [-0.15, -0.1) is 0 Å². The van der Waals surface area contributed by atoms with Crippen molar-refractivity contribution in [2.24, 2.45) is 0 Å². The number of rotatable bonds is 6.